The van der Waals surface area contributed by atoms with Crippen LogP contribution in [-0.2, 0) is 6.61 Å². The second-order valence-electron chi connectivity index (χ2n) is 4.39. The van der Waals surface area contributed by atoms with Crippen molar-refractivity contribution in [3.63, 3.8) is 0 Å². The van der Waals surface area contributed by atoms with Gasteiger partial charge in [0.2, 0.25) is 0 Å². The molecule has 6 heteroatoms. The molecule has 0 aliphatic heterocycles. The first-order valence-corrected chi connectivity index (χ1v) is 6.01. The molecule has 0 aromatic heterocycles. The predicted molar refractivity (Wildman–Crippen MR) is 71.7 cm³/mol. The molecule has 2 aromatic carbocycles. The molecule has 0 heterocycles. The molecule has 0 aliphatic carbocycles. The molecule has 104 valence electrons. The van der Waals surface area contributed by atoms with Gasteiger partial charge in [-0.2, -0.15) is 0 Å². The number of ether oxygens (including phenoxy) is 1. The van der Waals surface area contributed by atoms with Crippen LogP contribution in [0.3, 0.4) is 0 Å². The van der Waals surface area contributed by atoms with Crippen LogP contribution in [0.2, 0.25) is 0 Å². The topological polar surface area (TPSA) is 49.7 Å². The van der Waals surface area contributed by atoms with E-state index in [4.69, 9.17) is 14.8 Å². The first kappa shape index (κ1) is 14.5. The summed E-state index contributed by atoms with van der Waals surface area (Å²) < 4.78 is 31.8. The molecule has 0 atom stereocenters. The van der Waals surface area contributed by atoms with Crippen LogP contribution < -0.4 is 10.2 Å². The molecule has 3 nitrogen and oxygen atoms in total. The summed E-state index contributed by atoms with van der Waals surface area (Å²) in [5.41, 5.74) is 1.13. The Morgan fingerprint density at radius 1 is 1.15 bits per heavy atom. The fraction of sp³-hybridized carbons (Fsp3) is 0.143. The number of benzene rings is 2. The zero-order chi connectivity index (χ0) is 14.7. The van der Waals surface area contributed by atoms with E-state index in [1.165, 1.54) is 18.2 Å². The van der Waals surface area contributed by atoms with Gasteiger partial charge in [0.25, 0.3) is 0 Å². The fourth-order valence-electron chi connectivity index (χ4n) is 1.85. The van der Waals surface area contributed by atoms with Gasteiger partial charge in [0.1, 0.15) is 12.4 Å². The third-order valence-corrected chi connectivity index (χ3v) is 2.95. The second-order valence-corrected chi connectivity index (χ2v) is 4.39. The molecule has 0 radical (unpaired) electrons. The molecule has 0 aliphatic rings. The molecule has 2 N–H and O–H groups in total. The molecule has 2 aromatic rings. The average molecular weight is 278 g/mol. The van der Waals surface area contributed by atoms with Crippen LogP contribution >= 0.6 is 0 Å². The summed E-state index contributed by atoms with van der Waals surface area (Å²) in [5.74, 6) is -1.40. The number of hydrogen-bond donors (Lipinski definition) is 2. The van der Waals surface area contributed by atoms with Gasteiger partial charge >= 0.3 is 7.12 Å². The Bertz CT molecular complexity index is 617. The van der Waals surface area contributed by atoms with E-state index < -0.39 is 18.8 Å². The maximum Gasteiger partial charge on any atom is 0.488 e. The highest BCUT2D eigenvalue weighted by Crippen LogP contribution is 2.16. The highest BCUT2D eigenvalue weighted by atomic mass is 19.2. The van der Waals surface area contributed by atoms with Crippen molar-refractivity contribution in [1.29, 1.82) is 0 Å². The van der Waals surface area contributed by atoms with Gasteiger partial charge in [0, 0.05) is 5.56 Å². The molecule has 0 saturated heterocycles. The number of halogens is 2. The SMILES string of the molecule is Cc1cc(OCc2cccc(F)c2F)ccc1B(O)O. The lowest BCUT2D eigenvalue weighted by Gasteiger charge is -2.10. The maximum absolute atomic E-state index is 13.4. The van der Waals surface area contributed by atoms with Gasteiger partial charge in [-0.05, 0) is 36.1 Å². The summed E-state index contributed by atoms with van der Waals surface area (Å²) in [6.45, 7) is 1.59. The lowest BCUT2D eigenvalue weighted by atomic mass is 9.77. The van der Waals surface area contributed by atoms with Crippen LogP contribution in [0.1, 0.15) is 11.1 Å². The zero-order valence-corrected chi connectivity index (χ0v) is 10.8. The second kappa shape index (κ2) is 6.03. The van der Waals surface area contributed by atoms with Crippen molar-refractivity contribution in [2.24, 2.45) is 0 Å². The number of hydrogen-bond acceptors (Lipinski definition) is 3. The highest BCUT2D eigenvalue weighted by molar-refractivity contribution is 6.59. The Morgan fingerprint density at radius 2 is 1.90 bits per heavy atom. The van der Waals surface area contributed by atoms with Crippen molar-refractivity contribution in [1.82, 2.24) is 0 Å². The molecule has 0 spiro atoms. The van der Waals surface area contributed by atoms with Crippen LogP contribution in [0, 0.1) is 18.6 Å². The lowest BCUT2D eigenvalue weighted by molar-refractivity contribution is 0.297. The van der Waals surface area contributed by atoms with E-state index in [1.807, 2.05) is 0 Å². The van der Waals surface area contributed by atoms with Crippen LogP contribution in [0.15, 0.2) is 36.4 Å². The minimum absolute atomic E-state index is 0.107. The molecular weight excluding hydrogens is 265 g/mol. The number of aryl methyl sites for hydroxylation is 1. The minimum atomic E-state index is -1.55. The summed E-state index contributed by atoms with van der Waals surface area (Å²) in [5, 5.41) is 18.2. The van der Waals surface area contributed by atoms with Crippen LogP contribution in [-0.4, -0.2) is 17.2 Å². The van der Waals surface area contributed by atoms with E-state index >= 15 is 0 Å². The van der Waals surface area contributed by atoms with Crippen molar-refractivity contribution in [3.05, 3.63) is 59.2 Å². The van der Waals surface area contributed by atoms with Crippen molar-refractivity contribution in [2.75, 3.05) is 0 Å². The smallest absolute Gasteiger partial charge is 0.488 e. The van der Waals surface area contributed by atoms with Gasteiger partial charge in [-0.3, -0.25) is 0 Å². The summed E-state index contributed by atoms with van der Waals surface area (Å²) in [6.07, 6.45) is 0. The van der Waals surface area contributed by atoms with E-state index in [0.29, 0.717) is 16.8 Å². The van der Waals surface area contributed by atoms with Crippen molar-refractivity contribution in [3.8, 4) is 5.75 Å². The van der Waals surface area contributed by atoms with Crippen molar-refractivity contribution >= 4 is 12.6 Å². The molecule has 20 heavy (non-hydrogen) atoms. The van der Waals surface area contributed by atoms with Gasteiger partial charge in [0.05, 0.1) is 0 Å². The lowest BCUT2D eigenvalue weighted by Crippen LogP contribution is -2.31. The van der Waals surface area contributed by atoms with Gasteiger partial charge in [0.15, 0.2) is 11.6 Å². The van der Waals surface area contributed by atoms with E-state index in [9.17, 15) is 8.78 Å². The quantitative estimate of drug-likeness (QED) is 0.834. The Balaban J connectivity index is 2.11. The summed E-state index contributed by atoms with van der Waals surface area (Å²) >= 11 is 0. The summed E-state index contributed by atoms with van der Waals surface area (Å²) in [4.78, 5) is 0. The third kappa shape index (κ3) is 3.15. The Kier molecular flexibility index (Phi) is 4.37. The van der Waals surface area contributed by atoms with Crippen LogP contribution in [0.25, 0.3) is 0 Å². The highest BCUT2D eigenvalue weighted by Gasteiger charge is 2.14. The van der Waals surface area contributed by atoms with Crippen molar-refractivity contribution in [2.45, 2.75) is 13.5 Å². The van der Waals surface area contributed by atoms with Gasteiger partial charge < -0.3 is 14.8 Å². The molecule has 0 unspecified atom stereocenters. The molecule has 2 rings (SSSR count). The van der Waals surface area contributed by atoms with E-state index in [1.54, 1.807) is 19.1 Å². The molecular formula is C14H13BF2O3. The average Bonchev–Trinajstić information content (AvgIpc) is 2.40. The first-order valence-electron chi connectivity index (χ1n) is 6.01. The molecule has 0 saturated carbocycles. The zero-order valence-electron chi connectivity index (χ0n) is 10.8. The summed E-state index contributed by atoms with van der Waals surface area (Å²) in [7, 11) is -1.55. The minimum Gasteiger partial charge on any atom is -0.489 e. The normalized spacial score (nSPS) is 10.4. The van der Waals surface area contributed by atoms with Crippen molar-refractivity contribution < 1.29 is 23.6 Å². The summed E-state index contributed by atoms with van der Waals surface area (Å²) in [6, 6.07) is 8.55. The van der Waals surface area contributed by atoms with E-state index in [2.05, 4.69) is 0 Å². The van der Waals surface area contributed by atoms with Gasteiger partial charge in [-0.25, -0.2) is 8.78 Å². The third-order valence-electron chi connectivity index (χ3n) is 2.95. The monoisotopic (exact) mass is 278 g/mol. The van der Waals surface area contributed by atoms with Crippen LogP contribution in [0.4, 0.5) is 8.78 Å². The van der Waals surface area contributed by atoms with Crippen LogP contribution in [0.5, 0.6) is 5.75 Å². The molecule has 0 fully saturated rings. The van der Waals surface area contributed by atoms with E-state index in [0.717, 1.165) is 6.07 Å². The largest absolute Gasteiger partial charge is 0.489 e. The Morgan fingerprint density at radius 3 is 2.55 bits per heavy atom. The molecule has 0 amide bonds. The fourth-order valence-corrected chi connectivity index (χ4v) is 1.85. The molecule has 0 bridgehead atoms. The first-order chi connectivity index (χ1) is 9.49. The standard InChI is InChI=1S/C14H13BF2O3/c1-9-7-11(5-6-12(9)15(18)19)20-8-10-3-2-4-13(16)14(10)17/h2-7,18-19H,8H2,1H3. The van der Waals surface area contributed by atoms with Gasteiger partial charge in [-0.15, -0.1) is 0 Å². The van der Waals surface area contributed by atoms with E-state index in [-0.39, 0.29) is 12.2 Å². The predicted octanol–water partition coefficient (Wildman–Crippen LogP) is 1.53. The Labute approximate surface area is 115 Å². The van der Waals surface area contributed by atoms with Gasteiger partial charge in [-0.1, -0.05) is 18.2 Å². The maximum atomic E-state index is 13.4. The number of rotatable bonds is 4. The Hall–Kier alpha value is -1.92.